The maximum atomic E-state index is 12.8. The predicted molar refractivity (Wildman–Crippen MR) is 96.4 cm³/mol. The van der Waals surface area contributed by atoms with Crippen molar-refractivity contribution in [3.63, 3.8) is 0 Å². The first-order chi connectivity index (χ1) is 13.3. The van der Waals surface area contributed by atoms with Gasteiger partial charge in [-0.15, -0.1) is 0 Å². The lowest BCUT2D eigenvalue weighted by Gasteiger charge is -2.10. The number of oxime groups is 1. The van der Waals surface area contributed by atoms with E-state index < -0.39 is 11.7 Å². The van der Waals surface area contributed by atoms with Gasteiger partial charge in [-0.25, -0.2) is 0 Å². The number of ketones is 1. The van der Waals surface area contributed by atoms with E-state index in [1.54, 1.807) is 6.92 Å². The lowest BCUT2D eigenvalue weighted by atomic mass is 10.1. The molecule has 0 saturated carbocycles. The van der Waals surface area contributed by atoms with Gasteiger partial charge in [0.05, 0.1) is 5.56 Å². The molecule has 0 saturated heterocycles. The molecule has 0 amide bonds. The molecule has 2 aromatic rings. The smallest absolute Gasteiger partial charge is 0.416 e. The molecular weight excluding hydrogens is 377 g/mol. The maximum Gasteiger partial charge on any atom is 0.416 e. The van der Waals surface area contributed by atoms with Gasteiger partial charge >= 0.3 is 6.18 Å². The molecule has 0 bridgehead atoms. The van der Waals surface area contributed by atoms with Crippen molar-refractivity contribution in [1.29, 1.82) is 0 Å². The molecule has 0 heterocycles. The molecule has 9 heteroatoms. The summed E-state index contributed by atoms with van der Waals surface area (Å²) in [5, 5.41) is 6.38. The molecular formula is C19H17F3N2O4. The van der Waals surface area contributed by atoms with Crippen molar-refractivity contribution in [1.82, 2.24) is 0 Å². The Hall–Kier alpha value is -3.23. The van der Waals surface area contributed by atoms with Gasteiger partial charge in [-0.1, -0.05) is 23.3 Å². The zero-order valence-corrected chi connectivity index (χ0v) is 14.9. The second-order valence-corrected chi connectivity index (χ2v) is 5.55. The monoisotopic (exact) mass is 394 g/mol. The number of Topliss-reactive ketones (excluding diaryl/α,β-unsaturated/α-hetero) is 1. The molecule has 0 spiro atoms. The van der Waals surface area contributed by atoms with Crippen LogP contribution < -0.4 is 4.74 Å². The number of hydrogen-bond donors (Lipinski definition) is 0. The fraction of sp³-hybridized carbons (Fsp3) is 0.263. The van der Waals surface area contributed by atoms with E-state index in [1.807, 2.05) is 0 Å². The summed E-state index contributed by atoms with van der Waals surface area (Å²) in [6.45, 7) is 1.51. The zero-order valence-electron chi connectivity index (χ0n) is 14.9. The molecule has 0 fully saturated rings. The van der Waals surface area contributed by atoms with E-state index in [2.05, 4.69) is 10.3 Å². The van der Waals surface area contributed by atoms with Gasteiger partial charge in [0.2, 0.25) is 0 Å². The van der Waals surface area contributed by atoms with E-state index in [0.717, 1.165) is 12.1 Å². The number of ether oxygens (including phenoxy) is 1. The highest BCUT2D eigenvalue weighted by Gasteiger charge is 2.30. The van der Waals surface area contributed by atoms with Crippen LogP contribution in [0.2, 0.25) is 0 Å². The van der Waals surface area contributed by atoms with Gasteiger partial charge in [-0.2, -0.15) is 18.1 Å². The van der Waals surface area contributed by atoms with Gasteiger partial charge in [0, 0.05) is 12.0 Å². The molecule has 0 radical (unpaired) electrons. The fourth-order valence-electron chi connectivity index (χ4n) is 2.17. The first-order valence-corrected chi connectivity index (χ1v) is 8.33. The third-order valence-corrected chi connectivity index (χ3v) is 3.54. The molecule has 0 aliphatic rings. The molecule has 2 aromatic carbocycles. The Labute approximate surface area is 158 Å². The summed E-state index contributed by atoms with van der Waals surface area (Å²) >= 11 is 0. The average Bonchev–Trinajstić information content (AvgIpc) is 2.68. The number of halogens is 3. The van der Waals surface area contributed by atoms with E-state index >= 15 is 0 Å². The Morgan fingerprint density at radius 3 is 2.39 bits per heavy atom. The minimum atomic E-state index is -4.46. The summed E-state index contributed by atoms with van der Waals surface area (Å²) in [5.74, 6) is 0.0499. The van der Waals surface area contributed by atoms with Crippen molar-refractivity contribution in [2.75, 3.05) is 13.2 Å². The summed E-state index contributed by atoms with van der Waals surface area (Å²) in [6.07, 6.45) is -4.27. The van der Waals surface area contributed by atoms with Crippen molar-refractivity contribution in [3.8, 4) is 11.5 Å². The lowest BCUT2D eigenvalue weighted by molar-refractivity contribution is -0.137. The normalized spacial score (nSPS) is 11.8. The summed E-state index contributed by atoms with van der Waals surface area (Å²) in [4.78, 5) is 27.0. The maximum absolute atomic E-state index is 12.8. The van der Waals surface area contributed by atoms with Crippen LogP contribution in [0.25, 0.3) is 0 Å². The summed E-state index contributed by atoms with van der Waals surface area (Å²) in [6, 6.07) is 10.6. The Bertz CT molecular complexity index is 849. The first kappa shape index (κ1) is 21.1. The Morgan fingerprint density at radius 1 is 1.07 bits per heavy atom. The standard InChI is InChI=1S/C19H17F3N2O4/c1-2-17(25)18(24-27-11-10-23-26)13-6-8-15(9-7-13)28-16-5-3-4-14(12-16)19(20,21)22/h3-9,12H,2,10-11H2,1H3. The second-order valence-electron chi connectivity index (χ2n) is 5.55. The van der Waals surface area contributed by atoms with Crippen LogP contribution in [0.3, 0.4) is 0 Å². The third kappa shape index (κ3) is 5.90. The van der Waals surface area contributed by atoms with Crippen LogP contribution in [-0.2, 0) is 15.8 Å². The highest BCUT2D eigenvalue weighted by atomic mass is 19.4. The van der Waals surface area contributed by atoms with Crippen LogP contribution in [0.1, 0.15) is 24.5 Å². The van der Waals surface area contributed by atoms with Gasteiger partial charge < -0.3 is 9.57 Å². The van der Waals surface area contributed by atoms with E-state index in [1.165, 1.54) is 36.4 Å². The molecule has 0 aliphatic heterocycles. The minimum Gasteiger partial charge on any atom is -0.457 e. The van der Waals surface area contributed by atoms with Crippen molar-refractivity contribution in [2.24, 2.45) is 10.3 Å². The topological polar surface area (TPSA) is 77.3 Å². The highest BCUT2D eigenvalue weighted by molar-refractivity contribution is 6.46. The van der Waals surface area contributed by atoms with E-state index in [0.29, 0.717) is 5.56 Å². The van der Waals surface area contributed by atoms with Crippen LogP contribution >= 0.6 is 0 Å². The number of carbonyl (C=O) groups is 1. The SMILES string of the molecule is CCC(=O)C(=NOCCN=O)c1ccc(Oc2cccc(C(F)(F)F)c2)cc1. The van der Waals surface area contributed by atoms with Crippen molar-refractivity contribution in [3.05, 3.63) is 64.6 Å². The number of carbonyl (C=O) groups excluding carboxylic acids is 1. The first-order valence-electron chi connectivity index (χ1n) is 8.33. The van der Waals surface area contributed by atoms with Crippen LogP contribution in [-0.4, -0.2) is 24.6 Å². The molecule has 6 nitrogen and oxygen atoms in total. The molecule has 148 valence electrons. The van der Waals surface area contributed by atoms with E-state index in [-0.39, 0.29) is 42.6 Å². The average molecular weight is 394 g/mol. The van der Waals surface area contributed by atoms with Gasteiger partial charge in [-0.3, -0.25) is 4.79 Å². The summed E-state index contributed by atoms with van der Waals surface area (Å²) < 4.78 is 43.8. The second kappa shape index (κ2) is 9.63. The third-order valence-electron chi connectivity index (χ3n) is 3.54. The number of alkyl halides is 3. The van der Waals surface area contributed by atoms with Crippen molar-refractivity contribution >= 4 is 11.5 Å². The van der Waals surface area contributed by atoms with Crippen LogP contribution in [0.4, 0.5) is 13.2 Å². The van der Waals surface area contributed by atoms with Gasteiger partial charge in [0.15, 0.2) is 11.5 Å². The predicted octanol–water partition coefficient (Wildman–Crippen LogP) is 4.96. The minimum absolute atomic E-state index is 0.0331. The molecule has 0 atom stereocenters. The number of hydrogen-bond acceptors (Lipinski definition) is 6. The summed E-state index contributed by atoms with van der Waals surface area (Å²) in [7, 11) is 0. The van der Waals surface area contributed by atoms with E-state index in [9.17, 15) is 22.9 Å². The number of rotatable bonds is 9. The Morgan fingerprint density at radius 2 is 1.79 bits per heavy atom. The van der Waals surface area contributed by atoms with Crippen molar-refractivity contribution in [2.45, 2.75) is 19.5 Å². The van der Waals surface area contributed by atoms with Crippen LogP contribution in [0.15, 0.2) is 58.9 Å². The van der Waals surface area contributed by atoms with Crippen LogP contribution in [0.5, 0.6) is 11.5 Å². The Balaban J connectivity index is 2.17. The fourth-order valence-corrected chi connectivity index (χ4v) is 2.17. The lowest BCUT2D eigenvalue weighted by Crippen LogP contribution is -2.15. The summed E-state index contributed by atoms with van der Waals surface area (Å²) in [5.41, 5.74) is -0.298. The zero-order chi connectivity index (χ0) is 20.6. The Kier molecular flexibility index (Phi) is 7.25. The largest absolute Gasteiger partial charge is 0.457 e. The highest BCUT2D eigenvalue weighted by Crippen LogP contribution is 2.32. The van der Waals surface area contributed by atoms with E-state index in [4.69, 9.17) is 9.57 Å². The molecule has 0 aromatic heterocycles. The molecule has 0 N–H and O–H groups in total. The molecule has 28 heavy (non-hydrogen) atoms. The molecule has 0 unspecified atom stereocenters. The number of nitroso groups, excluding NO2 is 1. The van der Waals surface area contributed by atoms with Crippen LogP contribution in [0, 0.1) is 4.91 Å². The molecule has 0 aliphatic carbocycles. The van der Waals surface area contributed by atoms with Crippen molar-refractivity contribution < 1.29 is 27.5 Å². The van der Waals surface area contributed by atoms with Gasteiger partial charge in [-0.05, 0) is 42.5 Å². The number of benzene rings is 2. The molecule has 2 rings (SSSR count). The quantitative estimate of drug-likeness (QED) is 0.261. The number of nitrogens with zero attached hydrogens (tertiary/aromatic N) is 2. The van der Waals surface area contributed by atoms with Gasteiger partial charge in [0.25, 0.3) is 0 Å². The van der Waals surface area contributed by atoms with Gasteiger partial charge in [0.1, 0.15) is 24.7 Å².